The molecular weight excluding hydrogens is 144 g/mol. The Kier molecular flexibility index (Phi) is 1.06. The maximum absolute atomic E-state index is 8.91. The largest absolute Gasteiger partial charge is 0.409 e. The summed E-state index contributed by atoms with van der Waals surface area (Å²) in [5.74, 6) is 0.341. The van der Waals surface area contributed by atoms with Crippen molar-refractivity contribution in [2.75, 3.05) is 6.61 Å². The van der Waals surface area contributed by atoms with E-state index in [2.05, 4.69) is 5.16 Å². The summed E-state index contributed by atoms with van der Waals surface area (Å²) in [4.78, 5) is 0. The predicted octanol–water partition coefficient (Wildman–Crippen LogP) is -0.105. The molecule has 0 heterocycles. The van der Waals surface area contributed by atoms with E-state index in [4.69, 9.17) is 16.0 Å². The number of nitrogens with zero attached hydrogens (tertiary/aromatic N) is 1. The van der Waals surface area contributed by atoms with Crippen LogP contribution in [0.25, 0.3) is 0 Å². The van der Waals surface area contributed by atoms with Crippen molar-refractivity contribution in [1.29, 1.82) is 0 Å². The summed E-state index contributed by atoms with van der Waals surface area (Å²) in [5.41, 5.74) is 5.57. The van der Waals surface area contributed by atoms with Crippen molar-refractivity contribution in [3.05, 3.63) is 0 Å². The fraction of sp³-hybridized carbons (Fsp3) is 0.857. The minimum atomic E-state index is -0.0442. The van der Waals surface area contributed by atoms with E-state index in [1.165, 1.54) is 0 Å². The van der Waals surface area contributed by atoms with Crippen LogP contribution in [0.15, 0.2) is 5.16 Å². The Labute approximate surface area is 64.7 Å². The van der Waals surface area contributed by atoms with Crippen LogP contribution in [0.3, 0.4) is 0 Å². The highest BCUT2D eigenvalue weighted by atomic mass is 16.4. The lowest BCUT2D eigenvalue weighted by molar-refractivity contribution is -0.180. The first kappa shape index (κ1) is 6.91. The molecule has 4 N–H and O–H groups in total. The highest BCUT2D eigenvalue weighted by Crippen LogP contribution is 2.72. The van der Waals surface area contributed by atoms with Crippen molar-refractivity contribution in [2.45, 2.75) is 19.3 Å². The lowest BCUT2D eigenvalue weighted by Crippen LogP contribution is -2.68. The van der Waals surface area contributed by atoms with Crippen LogP contribution in [-0.2, 0) is 0 Å². The third-order valence-corrected chi connectivity index (χ3v) is 3.13. The molecule has 0 aromatic carbocycles. The second kappa shape index (κ2) is 1.69. The molecule has 62 valence electrons. The molecule has 3 rings (SSSR count). The van der Waals surface area contributed by atoms with Gasteiger partial charge in [0.25, 0.3) is 0 Å². The van der Waals surface area contributed by atoms with E-state index in [-0.39, 0.29) is 17.4 Å². The highest BCUT2D eigenvalue weighted by Gasteiger charge is 2.69. The third kappa shape index (κ3) is 0.605. The number of oxime groups is 1. The van der Waals surface area contributed by atoms with E-state index in [1.807, 2.05) is 0 Å². The van der Waals surface area contributed by atoms with Crippen molar-refractivity contribution in [1.82, 2.24) is 0 Å². The average molecular weight is 156 g/mol. The van der Waals surface area contributed by atoms with Gasteiger partial charge in [-0.3, -0.25) is 0 Å². The Morgan fingerprint density at radius 1 is 1.45 bits per heavy atom. The molecule has 0 aromatic rings. The summed E-state index contributed by atoms with van der Waals surface area (Å²) >= 11 is 0. The van der Waals surface area contributed by atoms with Crippen LogP contribution >= 0.6 is 0 Å². The molecule has 0 saturated heterocycles. The number of aliphatic hydroxyl groups is 1. The predicted molar refractivity (Wildman–Crippen MR) is 39.2 cm³/mol. The number of nitrogens with two attached hydrogens (primary N) is 1. The van der Waals surface area contributed by atoms with E-state index in [9.17, 15) is 0 Å². The molecule has 0 aromatic heterocycles. The van der Waals surface area contributed by atoms with E-state index in [0.717, 1.165) is 19.3 Å². The van der Waals surface area contributed by atoms with Crippen LogP contribution < -0.4 is 5.73 Å². The maximum atomic E-state index is 8.91. The van der Waals surface area contributed by atoms with Crippen molar-refractivity contribution in [3.8, 4) is 0 Å². The molecule has 0 atom stereocenters. The van der Waals surface area contributed by atoms with E-state index < -0.39 is 0 Å². The van der Waals surface area contributed by atoms with Gasteiger partial charge in [-0.1, -0.05) is 5.16 Å². The second-order valence-electron chi connectivity index (χ2n) is 3.95. The number of rotatable bonds is 2. The molecular formula is C7H12N2O2. The van der Waals surface area contributed by atoms with E-state index in [1.54, 1.807) is 0 Å². The summed E-state index contributed by atoms with van der Waals surface area (Å²) < 4.78 is 0. The molecule has 3 fully saturated rings. The van der Waals surface area contributed by atoms with Gasteiger partial charge in [-0.25, -0.2) is 0 Å². The number of aliphatic hydroxyl groups excluding tert-OH is 1. The van der Waals surface area contributed by atoms with Crippen molar-refractivity contribution in [3.63, 3.8) is 0 Å². The quantitative estimate of drug-likeness (QED) is 0.226. The van der Waals surface area contributed by atoms with Gasteiger partial charge in [0.1, 0.15) is 5.84 Å². The molecule has 11 heavy (non-hydrogen) atoms. The zero-order valence-electron chi connectivity index (χ0n) is 6.25. The van der Waals surface area contributed by atoms with Gasteiger partial charge >= 0.3 is 0 Å². The Balaban J connectivity index is 2.04. The van der Waals surface area contributed by atoms with Crippen molar-refractivity contribution in [2.24, 2.45) is 21.7 Å². The Morgan fingerprint density at radius 3 is 2.36 bits per heavy atom. The van der Waals surface area contributed by atoms with Crippen molar-refractivity contribution < 1.29 is 10.3 Å². The summed E-state index contributed by atoms with van der Waals surface area (Å²) in [6.07, 6.45) is 2.69. The number of hydrogen-bond acceptors (Lipinski definition) is 3. The second-order valence-corrected chi connectivity index (χ2v) is 3.95. The molecule has 2 bridgehead atoms. The van der Waals surface area contributed by atoms with E-state index >= 15 is 0 Å². The topological polar surface area (TPSA) is 78.8 Å². The van der Waals surface area contributed by atoms with Gasteiger partial charge < -0.3 is 16.0 Å². The first-order valence-corrected chi connectivity index (χ1v) is 3.75. The first-order chi connectivity index (χ1) is 5.16. The molecule has 0 radical (unpaired) electrons. The van der Waals surface area contributed by atoms with Crippen LogP contribution in [0.2, 0.25) is 0 Å². The number of hydrogen-bond donors (Lipinski definition) is 3. The van der Waals surface area contributed by atoms with Crippen LogP contribution in [0.4, 0.5) is 0 Å². The molecule has 0 spiro atoms. The number of amidine groups is 1. The maximum Gasteiger partial charge on any atom is 0.145 e. The fourth-order valence-corrected chi connectivity index (χ4v) is 2.54. The molecule has 0 unspecified atom stereocenters. The SMILES string of the molecule is NC(=NO)C12CC(CO)(C1)C2. The Hall–Kier alpha value is -0.770. The molecule has 4 nitrogen and oxygen atoms in total. The standard InChI is InChI=1S/C7H12N2O2/c8-5(9-11)7-1-6(2-7,3-7)4-10/h10-11H,1-4H2,(H2,8,9). The molecule has 3 aliphatic carbocycles. The highest BCUT2D eigenvalue weighted by molar-refractivity contribution is 5.89. The Bertz CT molecular complexity index is 205. The van der Waals surface area contributed by atoms with Crippen LogP contribution in [0, 0.1) is 10.8 Å². The Morgan fingerprint density at radius 2 is 2.00 bits per heavy atom. The van der Waals surface area contributed by atoms with Gasteiger partial charge in [-0.05, 0) is 24.7 Å². The van der Waals surface area contributed by atoms with Gasteiger partial charge in [0.15, 0.2) is 0 Å². The molecule has 0 aliphatic heterocycles. The minimum absolute atomic E-state index is 0.0442. The minimum Gasteiger partial charge on any atom is -0.409 e. The molecule has 3 saturated carbocycles. The smallest absolute Gasteiger partial charge is 0.145 e. The normalized spacial score (nSPS) is 47.9. The summed E-state index contributed by atoms with van der Waals surface area (Å²) in [6.45, 7) is 0.244. The fourth-order valence-electron chi connectivity index (χ4n) is 2.54. The molecule has 4 heteroatoms. The van der Waals surface area contributed by atoms with Crippen LogP contribution in [0.1, 0.15) is 19.3 Å². The summed E-state index contributed by atoms with van der Waals surface area (Å²) in [5, 5.41) is 20.3. The zero-order valence-corrected chi connectivity index (χ0v) is 6.25. The molecule has 3 aliphatic rings. The summed E-state index contributed by atoms with van der Waals surface area (Å²) in [7, 11) is 0. The lowest BCUT2D eigenvalue weighted by Gasteiger charge is -2.69. The summed E-state index contributed by atoms with van der Waals surface area (Å²) in [6, 6.07) is 0. The van der Waals surface area contributed by atoms with Gasteiger partial charge in [0.2, 0.25) is 0 Å². The van der Waals surface area contributed by atoms with Crippen LogP contribution in [0.5, 0.6) is 0 Å². The zero-order chi connectivity index (χ0) is 8.11. The van der Waals surface area contributed by atoms with Gasteiger partial charge in [-0.2, -0.15) is 0 Å². The van der Waals surface area contributed by atoms with Gasteiger partial charge in [-0.15, -0.1) is 0 Å². The van der Waals surface area contributed by atoms with Gasteiger partial charge in [0.05, 0.1) is 0 Å². The average Bonchev–Trinajstić information content (AvgIpc) is 1.83. The third-order valence-electron chi connectivity index (χ3n) is 3.13. The lowest BCUT2D eigenvalue weighted by atomic mass is 9.35. The van der Waals surface area contributed by atoms with E-state index in [0.29, 0.717) is 5.84 Å². The molecule has 0 amide bonds. The van der Waals surface area contributed by atoms with Crippen LogP contribution in [-0.4, -0.2) is 22.8 Å². The monoisotopic (exact) mass is 156 g/mol. The van der Waals surface area contributed by atoms with Crippen molar-refractivity contribution >= 4 is 5.84 Å². The van der Waals surface area contributed by atoms with Gasteiger partial charge in [0, 0.05) is 12.0 Å². The first-order valence-electron chi connectivity index (χ1n) is 3.75.